The first-order chi connectivity index (χ1) is 11.5. The largest absolute Gasteiger partial charge is 0.354 e. The summed E-state index contributed by atoms with van der Waals surface area (Å²) in [6, 6.07) is 8.53. The van der Waals surface area contributed by atoms with Gasteiger partial charge in [0.15, 0.2) is 5.13 Å². The fourth-order valence-corrected chi connectivity index (χ4v) is 3.58. The molecule has 0 bridgehead atoms. The lowest BCUT2D eigenvalue weighted by molar-refractivity contribution is -0.117. The number of carbonyl (C=O) groups excluding carboxylic acids is 1. The van der Waals surface area contributed by atoms with Gasteiger partial charge in [0.2, 0.25) is 5.91 Å². The van der Waals surface area contributed by atoms with Crippen LogP contribution in [-0.2, 0) is 11.3 Å². The molecule has 0 radical (unpaired) electrons. The Labute approximate surface area is 147 Å². The average molecular weight is 344 g/mol. The Kier molecular flexibility index (Phi) is 5.16. The monoisotopic (exact) mass is 344 g/mol. The lowest BCUT2D eigenvalue weighted by Crippen LogP contribution is -2.23. The van der Waals surface area contributed by atoms with Crippen LogP contribution in [0.5, 0.6) is 0 Å². The summed E-state index contributed by atoms with van der Waals surface area (Å²) in [5.41, 5.74) is 3.28. The van der Waals surface area contributed by atoms with E-state index >= 15 is 0 Å². The molecule has 0 aliphatic carbocycles. The molecular formula is C18H24N4OS. The first-order valence-corrected chi connectivity index (χ1v) is 9.18. The van der Waals surface area contributed by atoms with Crippen molar-refractivity contribution >= 4 is 28.1 Å². The van der Waals surface area contributed by atoms with E-state index in [1.165, 1.54) is 5.56 Å². The number of carbonyl (C=O) groups is 1. The summed E-state index contributed by atoms with van der Waals surface area (Å²) in [5, 5.41) is 6.63. The quantitative estimate of drug-likeness (QED) is 0.874. The molecule has 1 atom stereocenters. The molecule has 2 aromatic rings. The number of thiazole rings is 1. The maximum atomic E-state index is 11.8. The van der Waals surface area contributed by atoms with Gasteiger partial charge in [-0.1, -0.05) is 12.1 Å². The number of nitrogens with zero attached hydrogens (tertiary/aromatic N) is 3. The molecule has 1 aromatic heterocycles. The number of rotatable bonds is 6. The highest BCUT2D eigenvalue weighted by Crippen LogP contribution is 2.24. The lowest BCUT2D eigenvalue weighted by atomic mass is 10.1. The molecule has 1 N–H and O–H groups in total. The molecule has 5 nitrogen and oxygen atoms in total. The molecule has 1 amide bonds. The number of amides is 1. The van der Waals surface area contributed by atoms with Crippen molar-refractivity contribution in [1.82, 2.24) is 10.3 Å². The van der Waals surface area contributed by atoms with E-state index in [2.05, 4.69) is 34.7 Å². The van der Waals surface area contributed by atoms with Crippen molar-refractivity contribution in [3.63, 3.8) is 0 Å². The first-order valence-electron chi connectivity index (χ1n) is 8.30. The van der Waals surface area contributed by atoms with Crippen LogP contribution in [0.4, 0.5) is 10.8 Å². The average Bonchev–Trinajstić information content (AvgIpc) is 3.22. The van der Waals surface area contributed by atoms with Crippen molar-refractivity contribution in [2.75, 3.05) is 30.4 Å². The van der Waals surface area contributed by atoms with Crippen molar-refractivity contribution in [2.24, 2.45) is 0 Å². The molecule has 1 aliphatic heterocycles. The van der Waals surface area contributed by atoms with E-state index in [4.69, 9.17) is 0 Å². The molecule has 6 heteroatoms. The predicted octanol–water partition coefficient (Wildman–Crippen LogP) is 3.19. The maximum Gasteiger partial charge on any atom is 0.227 e. The Morgan fingerprint density at radius 3 is 2.67 bits per heavy atom. The Morgan fingerprint density at radius 1 is 1.33 bits per heavy atom. The number of benzene rings is 1. The number of anilines is 2. The van der Waals surface area contributed by atoms with E-state index < -0.39 is 0 Å². The zero-order chi connectivity index (χ0) is 17.1. The smallest absolute Gasteiger partial charge is 0.227 e. The van der Waals surface area contributed by atoms with E-state index in [1.54, 1.807) is 11.3 Å². The van der Waals surface area contributed by atoms with E-state index in [1.807, 2.05) is 36.0 Å². The molecule has 3 rings (SSSR count). The molecule has 1 saturated heterocycles. The van der Waals surface area contributed by atoms with Gasteiger partial charge in [-0.05, 0) is 31.0 Å². The van der Waals surface area contributed by atoms with E-state index in [0.717, 1.165) is 36.0 Å². The minimum atomic E-state index is 0.231. The highest BCUT2D eigenvalue weighted by Gasteiger charge is 2.21. The van der Waals surface area contributed by atoms with Gasteiger partial charge in [0.1, 0.15) is 0 Å². The fraction of sp³-hybridized carbons (Fsp3) is 0.444. The molecule has 128 valence electrons. The zero-order valence-corrected chi connectivity index (χ0v) is 15.3. The summed E-state index contributed by atoms with van der Waals surface area (Å²) in [6.07, 6.45) is 1.63. The Balaban J connectivity index is 1.58. The maximum absolute atomic E-state index is 11.8. The van der Waals surface area contributed by atoms with Crippen LogP contribution in [0.25, 0.3) is 0 Å². The van der Waals surface area contributed by atoms with Gasteiger partial charge < -0.3 is 15.1 Å². The van der Waals surface area contributed by atoms with E-state index in [9.17, 15) is 4.79 Å². The van der Waals surface area contributed by atoms with Crippen LogP contribution in [0.2, 0.25) is 0 Å². The van der Waals surface area contributed by atoms with Crippen molar-refractivity contribution in [1.29, 1.82) is 0 Å². The van der Waals surface area contributed by atoms with Gasteiger partial charge in [-0.2, -0.15) is 0 Å². The van der Waals surface area contributed by atoms with Gasteiger partial charge in [-0.25, -0.2) is 4.98 Å². The van der Waals surface area contributed by atoms with E-state index in [-0.39, 0.29) is 11.9 Å². The number of aromatic nitrogens is 1. The predicted molar refractivity (Wildman–Crippen MR) is 99.7 cm³/mol. The van der Waals surface area contributed by atoms with Gasteiger partial charge in [0, 0.05) is 50.7 Å². The van der Waals surface area contributed by atoms with Crippen molar-refractivity contribution < 1.29 is 4.79 Å². The molecule has 1 aliphatic rings. The van der Waals surface area contributed by atoms with Crippen LogP contribution in [0.3, 0.4) is 0 Å². The van der Waals surface area contributed by atoms with E-state index in [0.29, 0.717) is 6.42 Å². The molecule has 0 spiro atoms. The third kappa shape index (κ3) is 3.76. The summed E-state index contributed by atoms with van der Waals surface area (Å²) in [6.45, 7) is 3.73. The van der Waals surface area contributed by atoms with Crippen LogP contribution in [0.1, 0.15) is 37.1 Å². The molecule has 0 saturated carbocycles. The van der Waals surface area contributed by atoms with Gasteiger partial charge in [0.25, 0.3) is 0 Å². The Bertz CT molecular complexity index is 695. The Morgan fingerprint density at radius 2 is 2.08 bits per heavy atom. The fourth-order valence-electron chi connectivity index (χ4n) is 2.82. The van der Waals surface area contributed by atoms with Gasteiger partial charge >= 0.3 is 0 Å². The van der Waals surface area contributed by atoms with Gasteiger partial charge in [-0.15, -0.1) is 11.3 Å². The topological polar surface area (TPSA) is 48.5 Å². The second kappa shape index (κ2) is 7.32. The third-order valence-corrected chi connectivity index (χ3v) is 5.35. The number of nitrogens with one attached hydrogen (secondary N) is 1. The van der Waals surface area contributed by atoms with Crippen molar-refractivity contribution in [3.05, 3.63) is 40.9 Å². The summed E-state index contributed by atoms with van der Waals surface area (Å²) >= 11 is 1.66. The Hall–Kier alpha value is -1.92. The molecule has 2 heterocycles. The minimum Gasteiger partial charge on any atom is -0.354 e. The third-order valence-electron chi connectivity index (χ3n) is 4.29. The summed E-state index contributed by atoms with van der Waals surface area (Å²) in [5.74, 6) is 0.231. The molecule has 24 heavy (non-hydrogen) atoms. The van der Waals surface area contributed by atoms with Crippen molar-refractivity contribution in [3.8, 4) is 0 Å². The number of hydrogen-bond donors (Lipinski definition) is 1. The summed E-state index contributed by atoms with van der Waals surface area (Å²) in [4.78, 5) is 20.3. The summed E-state index contributed by atoms with van der Waals surface area (Å²) < 4.78 is 0. The van der Waals surface area contributed by atoms with Crippen LogP contribution in [0, 0.1) is 0 Å². The van der Waals surface area contributed by atoms with Crippen LogP contribution < -0.4 is 15.1 Å². The standard InChI is InChI=1S/C18H24N4OS/c1-13(19-11-15-12-24-18(20-15)21(2)3)14-6-8-16(9-7-14)22-10-4-5-17(22)23/h6-9,12-13,19H,4-5,10-11H2,1-3H3/t13-/m1/s1. The van der Waals surface area contributed by atoms with Crippen molar-refractivity contribution in [2.45, 2.75) is 32.4 Å². The number of hydrogen-bond acceptors (Lipinski definition) is 5. The van der Waals surface area contributed by atoms with Crippen LogP contribution >= 0.6 is 11.3 Å². The molecule has 0 unspecified atom stereocenters. The lowest BCUT2D eigenvalue weighted by Gasteiger charge is -2.18. The van der Waals surface area contributed by atoms with Crippen LogP contribution in [0.15, 0.2) is 29.6 Å². The second-order valence-corrected chi connectivity index (χ2v) is 7.20. The van der Waals surface area contributed by atoms with Gasteiger partial charge in [0.05, 0.1) is 5.69 Å². The van der Waals surface area contributed by atoms with Crippen LogP contribution in [-0.4, -0.2) is 31.5 Å². The normalized spacial score (nSPS) is 15.8. The second-order valence-electron chi connectivity index (χ2n) is 6.36. The van der Waals surface area contributed by atoms with Gasteiger partial charge in [-0.3, -0.25) is 4.79 Å². The SMILES string of the molecule is C[C@@H](NCc1csc(N(C)C)n1)c1ccc(N2CCCC2=O)cc1. The summed E-state index contributed by atoms with van der Waals surface area (Å²) in [7, 11) is 4.01. The molecule has 1 aromatic carbocycles. The zero-order valence-electron chi connectivity index (χ0n) is 14.5. The molecule has 1 fully saturated rings. The molecular weight excluding hydrogens is 320 g/mol. The first kappa shape index (κ1) is 16.9. The highest BCUT2D eigenvalue weighted by atomic mass is 32.1. The minimum absolute atomic E-state index is 0.231. The highest BCUT2D eigenvalue weighted by molar-refractivity contribution is 7.13.